The summed E-state index contributed by atoms with van der Waals surface area (Å²) in [7, 11) is 0. The Morgan fingerprint density at radius 3 is 2.84 bits per heavy atom. The normalized spacial score (nSPS) is 14.9. The molecule has 0 aliphatic carbocycles. The second kappa shape index (κ2) is 5.47. The molecule has 0 saturated heterocycles. The molecule has 0 bridgehead atoms. The van der Waals surface area contributed by atoms with Crippen molar-refractivity contribution >= 4 is 43.5 Å². The third-order valence-corrected chi connectivity index (χ3v) is 4.91. The Morgan fingerprint density at radius 2 is 2.05 bits per heavy atom. The van der Waals surface area contributed by atoms with Crippen molar-refractivity contribution in [1.29, 1.82) is 0 Å². The van der Waals surface area contributed by atoms with Gasteiger partial charge < -0.3 is 4.74 Å². The molecule has 0 amide bonds. The summed E-state index contributed by atoms with van der Waals surface area (Å²) in [5.41, 5.74) is 3.53. The summed E-state index contributed by atoms with van der Waals surface area (Å²) in [4.78, 5) is 0.0792. The lowest BCUT2D eigenvalue weighted by Crippen LogP contribution is -1.97. The Labute approximate surface area is 134 Å². The first-order valence-corrected chi connectivity index (χ1v) is 8.08. The van der Waals surface area contributed by atoms with E-state index in [2.05, 4.69) is 50.1 Å². The Hall–Kier alpha value is -0.510. The van der Waals surface area contributed by atoms with E-state index in [1.165, 1.54) is 5.56 Å². The summed E-state index contributed by atoms with van der Waals surface area (Å²) < 4.78 is 6.86. The minimum absolute atomic E-state index is 0.0792. The van der Waals surface area contributed by atoms with Crippen molar-refractivity contribution in [2.45, 2.75) is 11.2 Å². The van der Waals surface area contributed by atoms with Crippen LogP contribution in [0.2, 0.25) is 5.02 Å². The van der Waals surface area contributed by atoms with Crippen molar-refractivity contribution in [3.63, 3.8) is 0 Å². The highest BCUT2D eigenvalue weighted by molar-refractivity contribution is 9.10. The average molecular weight is 403 g/mol. The summed E-state index contributed by atoms with van der Waals surface area (Å²) in [6, 6.07) is 12.1. The fraction of sp³-hybridized carbons (Fsp3) is 0.200. The van der Waals surface area contributed by atoms with E-state index < -0.39 is 0 Å². The van der Waals surface area contributed by atoms with E-state index in [4.69, 9.17) is 16.3 Å². The lowest BCUT2D eigenvalue weighted by atomic mass is 10.0. The monoisotopic (exact) mass is 400 g/mol. The Balaban J connectivity index is 2.07. The highest BCUT2D eigenvalue weighted by atomic mass is 79.9. The quantitative estimate of drug-likeness (QED) is 0.601. The predicted octanol–water partition coefficient (Wildman–Crippen LogP) is 5.52. The molecule has 1 aliphatic rings. The third kappa shape index (κ3) is 2.69. The topological polar surface area (TPSA) is 9.23 Å². The molecule has 4 heteroatoms. The van der Waals surface area contributed by atoms with Gasteiger partial charge in [-0.1, -0.05) is 55.6 Å². The average Bonchev–Trinajstić information content (AvgIpc) is 2.85. The van der Waals surface area contributed by atoms with Crippen LogP contribution in [-0.2, 0) is 6.42 Å². The molecule has 1 atom stereocenters. The molecule has 1 aliphatic heterocycles. The summed E-state index contributed by atoms with van der Waals surface area (Å²) >= 11 is 13.4. The van der Waals surface area contributed by atoms with Crippen LogP contribution in [0.4, 0.5) is 0 Å². The molecule has 2 aromatic carbocycles. The highest BCUT2D eigenvalue weighted by Gasteiger charge is 2.22. The predicted molar refractivity (Wildman–Crippen MR) is 85.6 cm³/mol. The zero-order chi connectivity index (χ0) is 13.4. The molecular weight excluding hydrogens is 391 g/mol. The molecule has 1 unspecified atom stereocenters. The minimum atomic E-state index is 0.0792. The van der Waals surface area contributed by atoms with Crippen LogP contribution >= 0.6 is 43.5 Å². The second-order valence-electron chi connectivity index (χ2n) is 4.50. The number of fused-ring (bicyclic) bond motifs is 1. The summed E-state index contributed by atoms with van der Waals surface area (Å²) in [5.74, 6) is 1.00. The van der Waals surface area contributed by atoms with Gasteiger partial charge in [-0.2, -0.15) is 0 Å². The fourth-order valence-corrected chi connectivity index (χ4v) is 3.68. The number of hydrogen-bond acceptors (Lipinski definition) is 1. The maximum Gasteiger partial charge on any atom is 0.127 e. The molecule has 0 spiro atoms. The van der Waals surface area contributed by atoms with E-state index in [9.17, 15) is 0 Å². The number of alkyl halides is 1. The molecule has 1 nitrogen and oxygen atoms in total. The van der Waals surface area contributed by atoms with Crippen LogP contribution < -0.4 is 4.74 Å². The van der Waals surface area contributed by atoms with Gasteiger partial charge >= 0.3 is 0 Å². The molecule has 98 valence electrons. The van der Waals surface area contributed by atoms with Crippen LogP contribution in [0.15, 0.2) is 40.9 Å². The number of halogens is 3. The highest BCUT2D eigenvalue weighted by Crippen LogP contribution is 2.42. The van der Waals surface area contributed by atoms with Crippen molar-refractivity contribution in [1.82, 2.24) is 0 Å². The van der Waals surface area contributed by atoms with Crippen LogP contribution in [0.5, 0.6) is 5.75 Å². The molecule has 0 aromatic heterocycles. The lowest BCUT2D eigenvalue weighted by Gasteiger charge is -2.15. The Bertz CT molecular complexity index is 628. The molecule has 0 fully saturated rings. The number of hydrogen-bond donors (Lipinski definition) is 0. The van der Waals surface area contributed by atoms with E-state index in [1.54, 1.807) is 0 Å². The maximum atomic E-state index is 6.06. The zero-order valence-corrected chi connectivity index (χ0v) is 13.9. The van der Waals surface area contributed by atoms with Crippen molar-refractivity contribution < 1.29 is 4.74 Å². The number of benzene rings is 2. The Kier molecular flexibility index (Phi) is 3.88. The minimum Gasteiger partial charge on any atom is -0.493 e. The number of ether oxygens (including phenoxy) is 1. The van der Waals surface area contributed by atoms with Gasteiger partial charge in [-0.3, -0.25) is 0 Å². The molecule has 19 heavy (non-hydrogen) atoms. The van der Waals surface area contributed by atoms with E-state index >= 15 is 0 Å². The molecular formula is C15H11Br2ClO. The number of rotatable bonds is 2. The molecule has 2 aromatic rings. The van der Waals surface area contributed by atoms with Crippen molar-refractivity contribution in [2.75, 3.05) is 6.61 Å². The van der Waals surface area contributed by atoms with Gasteiger partial charge in [-0.15, -0.1) is 0 Å². The molecule has 0 saturated carbocycles. The van der Waals surface area contributed by atoms with Crippen molar-refractivity contribution in [3.8, 4) is 5.75 Å². The van der Waals surface area contributed by atoms with Crippen molar-refractivity contribution in [3.05, 3.63) is 62.6 Å². The van der Waals surface area contributed by atoms with Gasteiger partial charge in [0.05, 0.1) is 11.4 Å². The van der Waals surface area contributed by atoms with Gasteiger partial charge in [0.1, 0.15) is 5.75 Å². The first kappa shape index (κ1) is 13.5. The summed E-state index contributed by atoms with van der Waals surface area (Å²) in [6.07, 6.45) is 0.969. The summed E-state index contributed by atoms with van der Waals surface area (Å²) in [6.45, 7) is 0.758. The van der Waals surface area contributed by atoms with Gasteiger partial charge in [0.25, 0.3) is 0 Å². The van der Waals surface area contributed by atoms with Gasteiger partial charge in [0.2, 0.25) is 0 Å². The molecule has 1 heterocycles. The van der Waals surface area contributed by atoms with E-state index in [-0.39, 0.29) is 4.83 Å². The Morgan fingerprint density at radius 1 is 1.21 bits per heavy atom. The van der Waals surface area contributed by atoms with Gasteiger partial charge in [-0.25, -0.2) is 0 Å². The van der Waals surface area contributed by atoms with E-state index in [0.717, 1.165) is 39.4 Å². The van der Waals surface area contributed by atoms with Crippen LogP contribution in [0.1, 0.15) is 21.5 Å². The lowest BCUT2D eigenvalue weighted by molar-refractivity contribution is 0.354. The van der Waals surface area contributed by atoms with Crippen molar-refractivity contribution in [2.24, 2.45) is 0 Å². The van der Waals surface area contributed by atoms with Crippen LogP contribution in [0, 0.1) is 0 Å². The standard InChI is InChI=1S/C15H11Br2ClO/c16-11-6-10-4-5-19-15(10)13(8-11)14(17)9-2-1-3-12(18)7-9/h1-3,6-8,14H,4-5H2. The van der Waals surface area contributed by atoms with Gasteiger partial charge in [0, 0.05) is 21.5 Å². The smallest absolute Gasteiger partial charge is 0.127 e. The second-order valence-corrected chi connectivity index (χ2v) is 6.77. The van der Waals surface area contributed by atoms with Gasteiger partial charge in [-0.05, 0) is 35.4 Å². The zero-order valence-electron chi connectivity index (χ0n) is 10.00. The largest absolute Gasteiger partial charge is 0.493 e. The van der Waals surface area contributed by atoms with E-state index in [0.29, 0.717) is 0 Å². The van der Waals surface area contributed by atoms with Gasteiger partial charge in [0.15, 0.2) is 0 Å². The first-order valence-electron chi connectivity index (χ1n) is 6.00. The maximum absolute atomic E-state index is 6.06. The van der Waals surface area contributed by atoms with Crippen LogP contribution in [0.3, 0.4) is 0 Å². The molecule has 0 radical (unpaired) electrons. The molecule has 0 N–H and O–H groups in total. The summed E-state index contributed by atoms with van der Waals surface area (Å²) in [5, 5.41) is 0.745. The van der Waals surface area contributed by atoms with E-state index in [1.807, 2.05) is 18.2 Å². The third-order valence-electron chi connectivity index (χ3n) is 3.19. The molecule has 3 rings (SSSR count). The van der Waals surface area contributed by atoms with Crippen LogP contribution in [0.25, 0.3) is 0 Å². The van der Waals surface area contributed by atoms with Crippen LogP contribution in [-0.4, -0.2) is 6.61 Å². The first-order chi connectivity index (χ1) is 9.15. The SMILES string of the molecule is Clc1cccc(C(Br)c2cc(Br)cc3c2OCC3)c1. The fourth-order valence-electron chi connectivity index (χ4n) is 2.33.